The number of nitrogens with one attached hydrogen (secondary N) is 2. The van der Waals surface area contributed by atoms with Crippen LogP contribution >= 0.6 is 0 Å². The molecule has 0 spiro atoms. The summed E-state index contributed by atoms with van der Waals surface area (Å²) in [5.74, 6) is -1.29. The Kier molecular flexibility index (Phi) is 6.41. The molecule has 0 atom stereocenters. The Bertz CT molecular complexity index is 828. The van der Waals surface area contributed by atoms with E-state index in [9.17, 15) is 14.4 Å². The molecular formula is C21H24N2O4. The van der Waals surface area contributed by atoms with E-state index in [0.717, 1.165) is 36.5 Å². The van der Waals surface area contributed by atoms with Gasteiger partial charge in [0.25, 0.3) is 11.8 Å². The number of benzene rings is 2. The Morgan fingerprint density at radius 1 is 0.963 bits per heavy atom. The molecule has 142 valence electrons. The Hall–Kier alpha value is -2.89. The second kappa shape index (κ2) is 9.16. The predicted molar refractivity (Wildman–Crippen MR) is 102 cm³/mol. The maximum atomic E-state index is 12.2. The van der Waals surface area contributed by atoms with Crippen LogP contribution in [0.4, 0.5) is 0 Å². The highest BCUT2D eigenvalue weighted by Gasteiger charge is 2.17. The first-order valence-corrected chi connectivity index (χ1v) is 9.34. The highest BCUT2D eigenvalue weighted by molar-refractivity contribution is 5.99. The van der Waals surface area contributed by atoms with E-state index in [1.54, 1.807) is 12.1 Å². The second-order valence-electron chi connectivity index (χ2n) is 6.81. The first-order valence-electron chi connectivity index (χ1n) is 9.34. The van der Waals surface area contributed by atoms with Crippen molar-refractivity contribution in [1.82, 2.24) is 10.6 Å². The molecule has 2 aromatic carbocycles. The lowest BCUT2D eigenvalue weighted by atomic mass is 9.95. The van der Waals surface area contributed by atoms with Crippen LogP contribution in [0, 0.1) is 0 Å². The van der Waals surface area contributed by atoms with Crippen LogP contribution < -0.4 is 10.6 Å². The smallest absolute Gasteiger partial charge is 0.325 e. The number of hydrogen-bond donors (Lipinski definition) is 2. The molecule has 0 unspecified atom stereocenters. The molecule has 2 aromatic rings. The molecule has 2 amide bonds. The summed E-state index contributed by atoms with van der Waals surface area (Å²) >= 11 is 0. The van der Waals surface area contributed by atoms with Crippen molar-refractivity contribution in [3.63, 3.8) is 0 Å². The normalized spacial score (nSPS) is 14.5. The fourth-order valence-corrected chi connectivity index (χ4v) is 3.30. The van der Waals surface area contributed by atoms with E-state index in [-0.39, 0.29) is 31.0 Å². The molecule has 1 saturated carbocycles. The van der Waals surface area contributed by atoms with Gasteiger partial charge in [0.05, 0.1) is 0 Å². The Morgan fingerprint density at radius 3 is 2.48 bits per heavy atom. The fraction of sp³-hybridized carbons (Fsp3) is 0.381. The van der Waals surface area contributed by atoms with Crippen LogP contribution in [-0.2, 0) is 14.3 Å². The lowest BCUT2D eigenvalue weighted by Gasteiger charge is -2.22. The Labute approximate surface area is 158 Å². The zero-order chi connectivity index (χ0) is 19.1. The van der Waals surface area contributed by atoms with E-state index in [4.69, 9.17) is 4.74 Å². The van der Waals surface area contributed by atoms with Gasteiger partial charge in [0.15, 0.2) is 6.61 Å². The van der Waals surface area contributed by atoms with Gasteiger partial charge in [-0.3, -0.25) is 14.4 Å². The highest BCUT2D eigenvalue weighted by Crippen LogP contribution is 2.17. The molecule has 1 aliphatic rings. The Balaban J connectivity index is 1.41. The number of carbonyl (C=O) groups excluding carboxylic acids is 3. The molecule has 6 heteroatoms. The average Bonchev–Trinajstić information content (AvgIpc) is 2.71. The number of esters is 1. The van der Waals surface area contributed by atoms with E-state index in [1.807, 2.05) is 30.3 Å². The molecule has 0 bridgehead atoms. The van der Waals surface area contributed by atoms with Crippen molar-refractivity contribution >= 4 is 28.6 Å². The topological polar surface area (TPSA) is 84.5 Å². The summed E-state index contributed by atoms with van der Waals surface area (Å²) in [5.41, 5.74) is 0.469. The van der Waals surface area contributed by atoms with Gasteiger partial charge < -0.3 is 15.4 Å². The summed E-state index contributed by atoms with van der Waals surface area (Å²) in [4.78, 5) is 35.8. The van der Waals surface area contributed by atoms with Crippen molar-refractivity contribution < 1.29 is 19.1 Å². The van der Waals surface area contributed by atoms with Gasteiger partial charge in [-0.15, -0.1) is 0 Å². The third-order valence-electron chi connectivity index (χ3n) is 4.74. The molecule has 2 N–H and O–H groups in total. The van der Waals surface area contributed by atoms with Crippen LogP contribution in [-0.4, -0.2) is 37.0 Å². The van der Waals surface area contributed by atoms with E-state index in [0.29, 0.717) is 5.56 Å². The minimum absolute atomic E-state index is 0.178. The minimum Gasteiger partial charge on any atom is -0.454 e. The summed E-state index contributed by atoms with van der Waals surface area (Å²) in [6.07, 6.45) is 5.39. The molecule has 0 radical (unpaired) electrons. The van der Waals surface area contributed by atoms with Gasteiger partial charge >= 0.3 is 5.97 Å². The quantitative estimate of drug-likeness (QED) is 0.768. The maximum absolute atomic E-state index is 12.2. The number of amides is 2. The number of rotatable bonds is 6. The fourth-order valence-electron chi connectivity index (χ4n) is 3.30. The molecular weight excluding hydrogens is 344 g/mol. The number of ether oxygens (including phenoxy) is 1. The number of fused-ring (bicyclic) bond motifs is 1. The van der Waals surface area contributed by atoms with Crippen LogP contribution in [0.15, 0.2) is 42.5 Å². The van der Waals surface area contributed by atoms with Gasteiger partial charge in [-0.2, -0.15) is 0 Å². The van der Waals surface area contributed by atoms with Gasteiger partial charge in [0.2, 0.25) is 0 Å². The molecule has 27 heavy (non-hydrogen) atoms. The molecule has 6 nitrogen and oxygen atoms in total. The first-order chi connectivity index (χ1) is 13.1. The zero-order valence-corrected chi connectivity index (χ0v) is 15.2. The molecule has 0 aliphatic heterocycles. The van der Waals surface area contributed by atoms with E-state index in [1.165, 1.54) is 6.42 Å². The summed E-state index contributed by atoms with van der Waals surface area (Å²) in [5, 5.41) is 7.39. The standard InChI is InChI=1S/C21H24N2O4/c24-19(23-18-8-2-1-3-9-18)14-27-20(25)13-22-21(26)17-11-10-15-6-4-5-7-16(15)12-17/h4-7,10-12,18H,1-3,8-9,13-14H2,(H,22,26)(H,23,24). The van der Waals surface area contributed by atoms with Crippen molar-refractivity contribution in [1.29, 1.82) is 0 Å². The molecule has 0 aromatic heterocycles. The zero-order valence-electron chi connectivity index (χ0n) is 15.2. The van der Waals surface area contributed by atoms with Crippen molar-refractivity contribution in [3.8, 4) is 0 Å². The van der Waals surface area contributed by atoms with Gasteiger partial charge in [0, 0.05) is 11.6 Å². The minimum atomic E-state index is -0.636. The van der Waals surface area contributed by atoms with Crippen molar-refractivity contribution in [3.05, 3.63) is 48.0 Å². The molecule has 1 fully saturated rings. The summed E-state index contributed by atoms with van der Waals surface area (Å²) in [6, 6.07) is 13.2. The van der Waals surface area contributed by atoms with E-state index in [2.05, 4.69) is 10.6 Å². The van der Waals surface area contributed by atoms with E-state index < -0.39 is 5.97 Å². The second-order valence-corrected chi connectivity index (χ2v) is 6.81. The van der Waals surface area contributed by atoms with Gasteiger partial charge in [-0.25, -0.2) is 0 Å². The van der Waals surface area contributed by atoms with Crippen molar-refractivity contribution in [2.75, 3.05) is 13.2 Å². The van der Waals surface area contributed by atoms with Crippen LogP contribution in [0.2, 0.25) is 0 Å². The number of carbonyl (C=O) groups is 3. The third-order valence-corrected chi connectivity index (χ3v) is 4.74. The molecule has 1 aliphatic carbocycles. The first kappa shape index (κ1) is 18.9. The van der Waals surface area contributed by atoms with Crippen molar-refractivity contribution in [2.24, 2.45) is 0 Å². The van der Waals surface area contributed by atoms with E-state index >= 15 is 0 Å². The largest absolute Gasteiger partial charge is 0.454 e. The van der Waals surface area contributed by atoms with Crippen LogP contribution in [0.3, 0.4) is 0 Å². The van der Waals surface area contributed by atoms with Gasteiger partial charge in [0.1, 0.15) is 6.54 Å². The predicted octanol–water partition coefficient (Wildman–Crippen LogP) is 2.56. The molecule has 0 heterocycles. The SMILES string of the molecule is O=C(COC(=O)CNC(=O)c1ccc2ccccc2c1)NC1CCCCC1. The average molecular weight is 368 g/mol. The lowest BCUT2D eigenvalue weighted by molar-refractivity contribution is -0.147. The van der Waals surface area contributed by atoms with Crippen molar-refractivity contribution in [2.45, 2.75) is 38.1 Å². The number of hydrogen-bond acceptors (Lipinski definition) is 4. The monoisotopic (exact) mass is 368 g/mol. The maximum Gasteiger partial charge on any atom is 0.325 e. The molecule has 3 rings (SSSR count). The summed E-state index contributed by atoms with van der Waals surface area (Å²) in [6.45, 7) is -0.594. The van der Waals surface area contributed by atoms with Crippen LogP contribution in [0.1, 0.15) is 42.5 Å². The van der Waals surface area contributed by atoms with Gasteiger partial charge in [-0.1, -0.05) is 49.6 Å². The summed E-state index contributed by atoms with van der Waals surface area (Å²) < 4.78 is 4.94. The lowest BCUT2D eigenvalue weighted by Crippen LogP contribution is -2.39. The third kappa shape index (κ3) is 5.54. The van der Waals surface area contributed by atoms with Crippen LogP contribution in [0.5, 0.6) is 0 Å². The van der Waals surface area contributed by atoms with Gasteiger partial charge in [-0.05, 0) is 35.7 Å². The molecule has 0 saturated heterocycles. The van der Waals surface area contributed by atoms with Crippen LogP contribution in [0.25, 0.3) is 10.8 Å². The Morgan fingerprint density at radius 2 is 1.70 bits per heavy atom. The summed E-state index contributed by atoms with van der Waals surface area (Å²) in [7, 11) is 0. The highest BCUT2D eigenvalue weighted by atomic mass is 16.5.